The molecule has 2 rings (SSSR count). The molecule has 1 aromatic rings. The summed E-state index contributed by atoms with van der Waals surface area (Å²) in [6.07, 6.45) is 3.29. The molecule has 0 aliphatic carbocycles. The predicted molar refractivity (Wildman–Crippen MR) is 68.7 cm³/mol. The summed E-state index contributed by atoms with van der Waals surface area (Å²) in [5, 5.41) is 6.24. The van der Waals surface area contributed by atoms with Crippen molar-refractivity contribution in [2.45, 2.75) is 38.8 Å². The van der Waals surface area contributed by atoms with E-state index in [-0.39, 0.29) is 11.9 Å². The molecular formula is C14H20N2O. The van der Waals surface area contributed by atoms with Gasteiger partial charge in [0.05, 0.1) is 6.04 Å². The van der Waals surface area contributed by atoms with Crippen LogP contribution in [-0.4, -0.2) is 18.5 Å². The molecule has 1 heterocycles. The zero-order valence-electron chi connectivity index (χ0n) is 10.3. The van der Waals surface area contributed by atoms with Crippen LogP contribution in [0.2, 0.25) is 0 Å². The quantitative estimate of drug-likeness (QED) is 0.833. The molecule has 1 fully saturated rings. The van der Waals surface area contributed by atoms with E-state index in [1.807, 2.05) is 0 Å². The first kappa shape index (κ1) is 12.1. The van der Waals surface area contributed by atoms with E-state index in [2.05, 4.69) is 41.8 Å². The van der Waals surface area contributed by atoms with Crippen LogP contribution in [0.4, 0.5) is 0 Å². The summed E-state index contributed by atoms with van der Waals surface area (Å²) < 4.78 is 0. The molecule has 0 aromatic heterocycles. The van der Waals surface area contributed by atoms with Crippen LogP contribution in [0.5, 0.6) is 0 Å². The Bertz CT molecular complexity index is 366. The van der Waals surface area contributed by atoms with Gasteiger partial charge in [0.1, 0.15) is 0 Å². The molecule has 3 heteroatoms. The van der Waals surface area contributed by atoms with Crippen molar-refractivity contribution in [2.24, 2.45) is 0 Å². The normalized spacial score (nSPS) is 19.9. The largest absolute Gasteiger partial charge is 0.351 e. The number of benzene rings is 1. The third-order valence-electron chi connectivity index (χ3n) is 3.21. The maximum absolute atomic E-state index is 11.9. The summed E-state index contributed by atoms with van der Waals surface area (Å²) in [6, 6.07) is 8.27. The van der Waals surface area contributed by atoms with Crippen molar-refractivity contribution in [3.63, 3.8) is 0 Å². The standard InChI is InChI=1S/C14H20N2O/c1-11-5-7-12(8-6-11)10-16-14(17)13-4-2-3-9-15-13/h5-8,13,15H,2-4,9-10H2,1H3,(H,16,17). The van der Waals surface area contributed by atoms with Crippen LogP contribution < -0.4 is 10.6 Å². The molecule has 0 spiro atoms. The van der Waals surface area contributed by atoms with Crippen molar-refractivity contribution in [3.05, 3.63) is 35.4 Å². The molecule has 1 saturated heterocycles. The Morgan fingerprint density at radius 2 is 2.12 bits per heavy atom. The van der Waals surface area contributed by atoms with Gasteiger partial charge in [-0.25, -0.2) is 0 Å². The van der Waals surface area contributed by atoms with E-state index in [1.54, 1.807) is 0 Å². The van der Waals surface area contributed by atoms with Crippen molar-refractivity contribution in [1.29, 1.82) is 0 Å². The molecular weight excluding hydrogens is 212 g/mol. The first-order valence-corrected chi connectivity index (χ1v) is 6.32. The fraction of sp³-hybridized carbons (Fsp3) is 0.500. The van der Waals surface area contributed by atoms with E-state index in [0.717, 1.165) is 24.9 Å². The molecule has 17 heavy (non-hydrogen) atoms. The van der Waals surface area contributed by atoms with Crippen LogP contribution in [0.15, 0.2) is 24.3 Å². The number of hydrogen-bond donors (Lipinski definition) is 2. The lowest BCUT2D eigenvalue weighted by Gasteiger charge is -2.22. The Labute approximate surface area is 103 Å². The number of aryl methyl sites for hydroxylation is 1. The van der Waals surface area contributed by atoms with E-state index >= 15 is 0 Å². The highest BCUT2D eigenvalue weighted by Crippen LogP contribution is 2.07. The molecule has 0 radical (unpaired) electrons. The van der Waals surface area contributed by atoms with Crippen LogP contribution in [0.1, 0.15) is 30.4 Å². The van der Waals surface area contributed by atoms with Crippen molar-refractivity contribution in [1.82, 2.24) is 10.6 Å². The fourth-order valence-corrected chi connectivity index (χ4v) is 2.09. The predicted octanol–water partition coefficient (Wildman–Crippen LogP) is 1.75. The van der Waals surface area contributed by atoms with Gasteiger partial charge < -0.3 is 10.6 Å². The third-order valence-corrected chi connectivity index (χ3v) is 3.21. The van der Waals surface area contributed by atoms with Crippen molar-refractivity contribution in [2.75, 3.05) is 6.54 Å². The van der Waals surface area contributed by atoms with Crippen molar-refractivity contribution in [3.8, 4) is 0 Å². The van der Waals surface area contributed by atoms with Gasteiger partial charge in [0.15, 0.2) is 0 Å². The summed E-state index contributed by atoms with van der Waals surface area (Å²) in [7, 11) is 0. The molecule has 1 aliphatic heterocycles. The Morgan fingerprint density at radius 3 is 2.76 bits per heavy atom. The average Bonchev–Trinajstić information content (AvgIpc) is 2.39. The van der Waals surface area contributed by atoms with Gasteiger partial charge in [0.25, 0.3) is 0 Å². The first-order chi connectivity index (χ1) is 8.25. The van der Waals surface area contributed by atoms with Crippen LogP contribution in [0.25, 0.3) is 0 Å². The number of carbonyl (C=O) groups excluding carboxylic acids is 1. The molecule has 1 aromatic carbocycles. The van der Waals surface area contributed by atoms with E-state index in [0.29, 0.717) is 6.54 Å². The monoisotopic (exact) mass is 232 g/mol. The van der Waals surface area contributed by atoms with Gasteiger partial charge in [-0.05, 0) is 31.9 Å². The van der Waals surface area contributed by atoms with Crippen LogP contribution in [0, 0.1) is 6.92 Å². The molecule has 1 amide bonds. The summed E-state index contributed by atoms with van der Waals surface area (Å²) >= 11 is 0. The SMILES string of the molecule is Cc1ccc(CNC(=O)C2CCCCN2)cc1. The summed E-state index contributed by atoms with van der Waals surface area (Å²) in [5.74, 6) is 0.130. The smallest absolute Gasteiger partial charge is 0.237 e. The molecule has 3 nitrogen and oxygen atoms in total. The molecule has 1 unspecified atom stereocenters. The van der Waals surface area contributed by atoms with Gasteiger partial charge in [-0.2, -0.15) is 0 Å². The van der Waals surface area contributed by atoms with Gasteiger partial charge in [-0.3, -0.25) is 4.79 Å². The van der Waals surface area contributed by atoms with Crippen LogP contribution >= 0.6 is 0 Å². The second-order valence-corrected chi connectivity index (χ2v) is 4.71. The van der Waals surface area contributed by atoms with Crippen LogP contribution in [0.3, 0.4) is 0 Å². The Hall–Kier alpha value is -1.35. The lowest BCUT2D eigenvalue weighted by atomic mass is 10.0. The van der Waals surface area contributed by atoms with Crippen molar-refractivity contribution < 1.29 is 4.79 Å². The number of piperidine rings is 1. The number of rotatable bonds is 3. The highest BCUT2D eigenvalue weighted by atomic mass is 16.2. The molecule has 0 saturated carbocycles. The Balaban J connectivity index is 1.81. The number of nitrogens with one attached hydrogen (secondary N) is 2. The topological polar surface area (TPSA) is 41.1 Å². The zero-order chi connectivity index (χ0) is 12.1. The number of carbonyl (C=O) groups is 1. The van der Waals surface area contributed by atoms with E-state index in [1.165, 1.54) is 12.0 Å². The minimum absolute atomic E-state index is 0.00852. The van der Waals surface area contributed by atoms with E-state index in [9.17, 15) is 4.79 Å². The Morgan fingerprint density at radius 1 is 1.35 bits per heavy atom. The van der Waals surface area contributed by atoms with Crippen LogP contribution in [-0.2, 0) is 11.3 Å². The van der Waals surface area contributed by atoms with E-state index < -0.39 is 0 Å². The Kier molecular flexibility index (Phi) is 4.15. The number of amides is 1. The summed E-state index contributed by atoms with van der Waals surface area (Å²) in [5.41, 5.74) is 2.40. The lowest BCUT2D eigenvalue weighted by Crippen LogP contribution is -2.46. The molecule has 1 atom stereocenters. The molecule has 1 aliphatic rings. The third kappa shape index (κ3) is 3.56. The minimum Gasteiger partial charge on any atom is -0.351 e. The average molecular weight is 232 g/mol. The number of hydrogen-bond acceptors (Lipinski definition) is 2. The summed E-state index contributed by atoms with van der Waals surface area (Å²) in [6.45, 7) is 3.65. The molecule has 2 N–H and O–H groups in total. The summed E-state index contributed by atoms with van der Waals surface area (Å²) in [4.78, 5) is 11.9. The fourth-order valence-electron chi connectivity index (χ4n) is 2.09. The highest BCUT2D eigenvalue weighted by Gasteiger charge is 2.19. The molecule has 0 bridgehead atoms. The van der Waals surface area contributed by atoms with Gasteiger partial charge in [-0.1, -0.05) is 36.2 Å². The maximum atomic E-state index is 11.9. The highest BCUT2D eigenvalue weighted by molar-refractivity contribution is 5.81. The second kappa shape index (κ2) is 5.82. The van der Waals surface area contributed by atoms with Crippen molar-refractivity contribution >= 4 is 5.91 Å². The minimum atomic E-state index is 0.00852. The maximum Gasteiger partial charge on any atom is 0.237 e. The first-order valence-electron chi connectivity index (χ1n) is 6.32. The van der Waals surface area contributed by atoms with Gasteiger partial charge in [-0.15, -0.1) is 0 Å². The van der Waals surface area contributed by atoms with Gasteiger partial charge >= 0.3 is 0 Å². The zero-order valence-corrected chi connectivity index (χ0v) is 10.3. The lowest BCUT2D eigenvalue weighted by molar-refractivity contribution is -0.123. The van der Waals surface area contributed by atoms with Gasteiger partial charge in [0, 0.05) is 6.54 Å². The molecule has 92 valence electrons. The van der Waals surface area contributed by atoms with Gasteiger partial charge in [0.2, 0.25) is 5.91 Å². The van der Waals surface area contributed by atoms with E-state index in [4.69, 9.17) is 0 Å². The second-order valence-electron chi connectivity index (χ2n) is 4.71.